The molecule has 6 heteroatoms. The van der Waals surface area contributed by atoms with Crippen LogP contribution in [0.5, 0.6) is 0 Å². The topological polar surface area (TPSA) is 96.5 Å². The Bertz CT molecular complexity index is 458. The minimum atomic E-state index is -1.06. The van der Waals surface area contributed by atoms with Gasteiger partial charge in [0.15, 0.2) is 0 Å². The third-order valence-electron chi connectivity index (χ3n) is 3.13. The van der Waals surface area contributed by atoms with Crippen molar-refractivity contribution in [2.75, 3.05) is 11.4 Å². The summed E-state index contributed by atoms with van der Waals surface area (Å²) >= 11 is 0. The molecule has 1 atom stereocenters. The summed E-state index contributed by atoms with van der Waals surface area (Å²) in [5.74, 6) is -1.41. The van der Waals surface area contributed by atoms with Crippen LogP contribution in [0.2, 0.25) is 0 Å². The van der Waals surface area contributed by atoms with Gasteiger partial charge in [-0.3, -0.25) is 4.79 Å². The van der Waals surface area contributed by atoms with E-state index in [1.165, 1.54) is 12.3 Å². The second-order valence-corrected chi connectivity index (χ2v) is 4.31. The zero-order valence-corrected chi connectivity index (χ0v) is 9.87. The normalized spacial score (nSPS) is 19.6. The highest BCUT2D eigenvalue weighted by molar-refractivity contribution is 5.86. The van der Waals surface area contributed by atoms with E-state index in [1.54, 1.807) is 6.07 Å². The van der Waals surface area contributed by atoms with Gasteiger partial charge < -0.3 is 15.7 Å². The molecule has 1 saturated heterocycles. The van der Waals surface area contributed by atoms with E-state index in [4.69, 9.17) is 10.8 Å². The van der Waals surface area contributed by atoms with Crippen molar-refractivity contribution in [2.45, 2.75) is 25.3 Å². The predicted octanol–water partition coefficient (Wildman–Crippen LogP) is 0.624. The van der Waals surface area contributed by atoms with Crippen molar-refractivity contribution in [1.82, 2.24) is 4.98 Å². The number of rotatable bonds is 3. The number of pyridine rings is 1. The number of carbonyl (C=O) groups excluding carboxylic acids is 1. The standard InChI is InChI=1S/C12H15N3O3/c13-11(16)10-3-1-2-6-15(10)8-4-5-9(12(17)18)14-7-8/h4-5,7,10H,1-3,6H2,(H2,13,16)(H,17,18). The van der Waals surface area contributed by atoms with E-state index in [-0.39, 0.29) is 17.6 Å². The number of amides is 1. The molecule has 2 rings (SSSR count). The van der Waals surface area contributed by atoms with Crippen LogP contribution in [0, 0.1) is 0 Å². The van der Waals surface area contributed by atoms with Crippen LogP contribution >= 0.6 is 0 Å². The minimum absolute atomic E-state index is 0.00798. The molecule has 0 bridgehead atoms. The quantitative estimate of drug-likeness (QED) is 0.818. The first-order valence-electron chi connectivity index (χ1n) is 5.85. The van der Waals surface area contributed by atoms with Crippen molar-refractivity contribution in [3.05, 3.63) is 24.0 Å². The maximum atomic E-state index is 11.4. The number of hydrogen-bond acceptors (Lipinski definition) is 4. The molecule has 6 nitrogen and oxygen atoms in total. The van der Waals surface area contributed by atoms with Crippen molar-refractivity contribution in [2.24, 2.45) is 5.73 Å². The Labute approximate surface area is 104 Å². The summed E-state index contributed by atoms with van der Waals surface area (Å²) in [6, 6.07) is 2.78. The van der Waals surface area contributed by atoms with E-state index in [0.29, 0.717) is 0 Å². The lowest BCUT2D eigenvalue weighted by molar-refractivity contribution is -0.119. The number of aromatic nitrogens is 1. The Kier molecular flexibility index (Phi) is 3.45. The van der Waals surface area contributed by atoms with E-state index in [2.05, 4.69) is 4.98 Å². The van der Waals surface area contributed by atoms with Crippen LogP contribution in [-0.2, 0) is 4.79 Å². The molecular weight excluding hydrogens is 234 g/mol. The molecule has 1 unspecified atom stereocenters. The maximum absolute atomic E-state index is 11.4. The molecule has 1 aliphatic heterocycles. The van der Waals surface area contributed by atoms with Gasteiger partial charge in [-0.05, 0) is 31.4 Å². The summed E-state index contributed by atoms with van der Waals surface area (Å²) in [5, 5.41) is 8.78. The summed E-state index contributed by atoms with van der Waals surface area (Å²) in [4.78, 5) is 27.8. The van der Waals surface area contributed by atoms with Crippen LogP contribution < -0.4 is 10.6 Å². The number of carbonyl (C=O) groups is 2. The lowest BCUT2D eigenvalue weighted by Gasteiger charge is -2.35. The van der Waals surface area contributed by atoms with Gasteiger partial charge in [-0.2, -0.15) is 0 Å². The number of nitrogens with zero attached hydrogens (tertiary/aromatic N) is 2. The van der Waals surface area contributed by atoms with Crippen molar-refractivity contribution in [3.63, 3.8) is 0 Å². The summed E-state index contributed by atoms with van der Waals surface area (Å²) < 4.78 is 0. The van der Waals surface area contributed by atoms with Crippen LogP contribution in [0.15, 0.2) is 18.3 Å². The average molecular weight is 249 g/mol. The number of aromatic carboxylic acids is 1. The molecule has 1 aromatic heterocycles. The average Bonchev–Trinajstić information content (AvgIpc) is 2.39. The van der Waals surface area contributed by atoms with Gasteiger partial charge in [0.2, 0.25) is 5.91 Å². The molecule has 2 heterocycles. The highest BCUT2D eigenvalue weighted by Crippen LogP contribution is 2.24. The van der Waals surface area contributed by atoms with Crippen LogP contribution in [-0.4, -0.2) is 34.6 Å². The van der Waals surface area contributed by atoms with Crippen LogP contribution in [0.25, 0.3) is 0 Å². The minimum Gasteiger partial charge on any atom is -0.477 e. The van der Waals surface area contributed by atoms with Gasteiger partial charge in [0, 0.05) is 6.54 Å². The number of piperidine rings is 1. The van der Waals surface area contributed by atoms with Crippen molar-refractivity contribution >= 4 is 17.6 Å². The largest absolute Gasteiger partial charge is 0.477 e. The Balaban J connectivity index is 2.23. The Hall–Kier alpha value is -2.11. The van der Waals surface area contributed by atoms with E-state index in [0.717, 1.165) is 31.5 Å². The van der Waals surface area contributed by atoms with Crippen molar-refractivity contribution < 1.29 is 14.7 Å². The number of primary amides is 1. The van der Waals surface area contributed by atoms with E-state index >= 15 is 0 Å². The summed E-state index contributed by atoms with van der Waals surface area (Å²) in [6.45, 7) is 0.738. The lowest BCUT2D eigenvalue weighted by atomic mass is 10.0. The highest BCUT2D eigenvalue weighted by Gasteiger charge is 2.27. The third-order valence-corrected chi connectivity index (χ3v) is 3.13. The van der Waals surface area contributed by atoms with Crippen molar-refractivity contribution in [1.29, 1.82) is 0 Å². The number of hydrogen-bond donors (Lipinski definition) is 2. The third kappa shape index (κ3) is 2.42. The molecule has 1 aliphatic rings. The molecule has 1 amide bonds. The Morgan fingerprint density at radius 2 is 2.17 bits per heavy atom. The fourth-order valence-electron chi connectivity index (χ4n) is 2.22. The zero-order valence-electron chi connectivity index (χ0n) is 9.87. The maximum Gasteiger partial charge on any atom is 0.354 e. The van der Waals surface area contributed by atoms with E-state index < -0.39 is 5.97 Å². The summed E-state index contributed by atoms with van der Waals surface area (Å²) in [5.41, 5.74) is 6.11. The van der Waals surface area contributed by atoms with Gasteiger partial charge >= 0.3 is 5.97 Å². The smallest absolute Gasteiger partial charge is 0.354 e. The molecule has 18 heavy (non-hydrogen) atoms. The monoisotopic (exact) mass is 249 g/mol. The van der Waals surface area contributed by atoms with E-state index in [1.807, 2.05) is 4.90 Å². The van der Waals surface area contributed by atoms with Gasteiger partial charge in [-0.15, -0.1) is 0 Å². The summed E-state index contributed by atoms with van der Waals surface area (Å²) in [6.07, 6.45) is 4.18. The molecule has 96 valence electrons. The first-order chi connectivity index (χ1) is 8.59. The number of carboxylic acid groups (broad SMARTS) is 1. The van der Waals surface area contributed by atoms with Crippen LogP contribution in [0.3, 0.4) is 0 Å². The molecule has 1 fully saturated rings. The molecular formula is C12H15N3O3. The predicted molar refractivity (Wildman–Crippen MR) is 65.4 cm³/mol. The molecule has 3 N–H and O–H groups in total. The fraction of sp³-hybridized carbons (Fsp3) is 0.417. The van der Waals surface area contributed by atoms with Crippen LogP contribution in [0.1, 0.15) is 29.8 Å². The zero-order chi connectivity index (χ0) is 13.1. The highest BCUT2D eigenvalue weighted by atomic mass is 16.4. The van der Waals surface area contributed by atoms with Gasteiger partial charge in [-0.1, -0.05) is 0 Å². The second kappa shape index (κ2) is 5.03. The number of anilines is 1. The van der Waals surface area contributed by atoms with Gasteiger partial charge in [0.1, 0.15) is 11.7 Å². The summed E-state index contributed by atoms with van der Waals surface area (Å²) in [7, 11) is 0. The fourth-order valence-corrected chi connectivity index (χ4v) is 2.22. The van der Waals surface area contributed by atoms with E-state index in [9.17, 15) is 9.59 Å². The van der Waals surface area contributed by atoms with Gasteiger partial charge in [0.25, 0.3) is 0 Å². The molecule has 0 aliphatic carbocycles. The molecule has 0 spiro atoms. The SMILES string of the molecule is NC(=O)C1CCCCN1c1ccc(C(=O)O)nc1. The Morgan fingerprint density at radius 1 is 1.39 bits per heavy atom. The lowest BCUT2D eigenvalue weighted by Crippen LogP contribution is -2.47. The first-order valence-corrected chi connectivity index (χ1v) is 5.85. The number of carboxylic acids is 1. The van der Waals surface area contributed by atoms with Gasteiger partial charge in [-0.25, -0.2) is 9.78 Å². The van der Waals surface area contributed by atoms with Crippen LogP contribution in [0.4, 0.5) is 5.69 Å². The first kappa shape index (κ1) is 12.3. The Morgan fingerprint density at radius 3 is 2.72 bits per heavy atom. The van der Waals surface area contributed by atoms with Crippen molar-refractivity contribution in [3.8, 4) is 0 Å². The molecule has 0 saturated carbocycles. The van der Waals surface area contributed by atoms with Gasteiger partial charge in [0.05, 0.1) is 11.9 Å². The number of nitrogens with two attached hydrogens (primary N) is 1. The second-order valence-electron chi connectivity index (χ2n) is 4.31. The molecule has 1 aromatic rings. The molecule has 0 radical (unpaired) electrons. The molecule has 0 aromatic carbocycles.